The Kier molecular flexibility index (Phi) is 2.38. The summed E-state index contributed by atoms with van der Waals surface area (Å²) in [4.78, 5) is 11.0. The van der Waals surface area contributed by atoms with Crippen molar-refractivity contribution < 1.29 is 14.3 Å². The fraction of sp³-hybridized carbons (Fsp3) is 0.308. The quantitative estimate of drug-likeness (QED) is 0.866. The minimum Gasteiger partial charge on any atom is -0.481 e. The average molecular weight is 248 g/mol. The van der Waals surface area contributed by atoms with Gasteiger partial charge in [0.25, 0.3) is 0 Å². The molecule has 1 aromatic carbocycles. The molecule has 2 N–H and O–H groups in total. The largest absolute Gasteiger partial charge is 0.481 e. The number of fused-ring (bicyclic) bond motifs is 1. The average Bonchev–Trinajstić information content (AvgIpc) is 2.66. The van der Waals surface area contributed by atoms with E-state index in [-0.39, 0.29) is 12.2 Å². The highest BCUT2D eigenvalue weighted by molar-refractivity contribution is 5.81. The number of carbonyl (C=O) groups is 1. The topological polar surface area (TPSA) is 54.3 Å². The molecule has 94 valence electrons. The van der Waals surface area contributed by atoms with Crippen molar-refractivity contribution in [2.75, 3.05) is 13.1 Å². The molecule has 0 amide bonds. The SMILES string of the molecule is O=C(O)CC1(n2ccc3cc(F)ccc32)CNC1. The van der Waals surface area contributed by atoms with E-state index in [9.17, 15) is 9.18 Å². The van der Waals surface area contributed by atoms with Gasteiger partial charge in [-0.1, -0.05) is 0 Å². The maximum atomic E-state index is 13.1. The molecule has 0 spiro atoms. The zero-order valence-corrected chi connectivity index (χ0v) is 9.69. The minimum atomic E-state index is -0.819. The molecule has 0 bridgehead atoms. The monoisotopic (exact) mass is 248 g/mol. The number of nitrogens with one attached hydrogen (secondary N) is 1. The van der Waals surface area contributed by atoms with Gasteiger partial charge in [0.05, 0.1) is 12.0 Å². The van der Waals surface area contributed by atoms with E-state index in [0.717, 1.165) is 10.9 Å². The fourth-order valence-electron chi connectivity index (χ4n) is 2.60. The van der Waals surface area contributed by atoms with Gasteiger partial charge in [-0.3, -0.25) is 4.79 Å². The Morgan fingerprint density at radius 3 is 2.83 bits per heavy atom. The van der Waals surface area contributed by atoms with Gasteiger partial charge < -0.3 is 15.0 Å². The molecule has 1 saturated heterocycles. The number of carboxylic acid groups (broad SMARTS) is 1. The first-order chi connectivity index (χ1) is 8.61. The summed E-state index contributed by atoms with van der Waals surface area (Å²) in [7, 11) is 0. The van der Waals surface area contributed by atoms with Crippen molar-refractivity contribution in [1.29, 1.82) is 0 Å². The molecule has 5 heteroatoms. The van der Waals surface area contributed by atoms with Gasteiger partial charge in [-0.25, -0.2) is 4.39 Å². The van der Waals surface area contributed by atoms with Gasteiger partial charge in [-0.05, 0) is 24.3 Å². The predicted molar refractivity (Wildman–Crippen MR) is 65.0 cm³/mol. The van der Waals surface area contributed by atoms with Crippen LogP contribution in [0.4, 0.5) is 4.39 Å². The first kappa shape index (κ1) is 11.2. The second-order valence-electron chi connectivity index (χ2n) is 4.79. The zero-order valence-electron chi connectivity index (χ0n) is 9.69. The molecule has 2 aromatic rings. The summed E-state index contributed by atoms with van der Waals surface area (Å²) >= 11 is 0. The Morgan fingerprint density at radius 1 is 1.44 bits per heavy atom. The number of rotatable bonds is 3. The van der Waals surface area contributed by atoms with E-state index in [2.05, 4.69) is 5.32 Å². The molecular formula is C13H13FN2O2. The molecule has 3 rings (SSSR count). The zero-order chi connectivity index (χ0) is 12.8. The Bertz CT molecular complexity index is 616. The van der Waals surface area contributed by atoms with Gasteiger partial charge >= 0.3 is 5.97 Å². The van der Waals surface area contributed by atoms with E-state index < -0.39 is 11.5 Å². The Labute approximate surface area is 103 Å². The molecule has 0 saturated carbocycles. The maximum absolute atomic E-state index is 13.1. The fourth-order valence-corrected chi connectivity index (χ4v) is 2.60. The standard InChI is InChI=1S/C13H13FN2O2/c14-10-1-2-11-9(5-10)3-4-16(11)13(6-12(17)18)7-15-8-13/h1-5,15H,6-8H2,(H,17,18). The summed E-state index contributed by atoms with van der Waals surface area (Å²) in [5.74, 6) is -1.10. The summed E-state index contributed by atoms with van der Waals surface area (Å²) < 4.78 is 15.1. The first-order valence-corrected chi connectivity index (χ1v) is 5.80. The van der Waals surface area contributed by atoms with E-state index in [1.807, 2.05) is 16.8 Å². The third kappa shape index (κ3) is 1.59. The summed E-state index contributed by atoms with van der Waals surface area (Å²) in [5.41, 5.74) is 0.449. The highest BCUT2D eigenvalue weighted by atomic mass is 19.1. The molecule has 1 aromatic heterocycles. The van der Waals surface area contributed by atoms with Crippen LogP contribution in [0.3, 0.4) is 0 Å². The molecule has 0 aliphatic carbocycles. The highest BCUT2D eigenvalue weighted by Gasteiger charge is 2.41. The minimum absolute atomic E-state index is 0.0706. The van der Waals surface area contributed by atoms with Crippen LogP contribution in [0.15, 0.2) is 30.5 Å². The van der Waals surface area contributed by atoms with E-state index in [1.165, 1.54) is 12.1 Å². The third-order valence-corrected chi connectivity index (χ3v) is 3.55. The number of aliphatic carboxylic acids is 1. The second-order valence-corrected chi connectivity index (χ2v) is 4.79. The molecule has 4 nitrogen and oxygen atoms in total. The van der Waals surface area contributed by atoms with Gasteiger partial charge in [0, 0.05) is 30.2 Å². The number of aromatic nitrogens is 1. The van der Waals surface area contributed by atoms with Gasteiger partial charge in [0.15, 0.2) is 0 Å². The van der Waals surface area contributed by atoms with Gasteiger partial charge in [0.2, 0.25) is 0 Å². The first-order valence-electron chi connectivity index (χ1n) is 5.80. The number of hydrogen-bond acceptors (Lipinski definition) is 2. The van der Waals surface area contributed by atoms with Crippen LogP contribution < -0.4 is 5.32 Å². The summed E-state index contributed by atoms with van der Waals surface area (Å²) in [6.07, 6.45) is 1.91. The normalized spacial score (nSPS) is 17.6. The van der Waals surface area contributed by atoms with E-state index >= 15 is 0 Å². The van der Waals surface area contributed by atoms with Gasteiger partial charge in [-0.2, -0.15) is 0 Å². The third-order valence-electron chi connectivity index (χ3n) is 3.55. The van der Waals surface area contributed by atoms with Crippen molar-refractivity contribution >= 4 is 16.9 Å². The molecule has 1 fully saturated rings. The number of benzene rings is 1. The van der Waals surface area contributed by atoms with Crippen molar-refractivity contribution in [3.05, 3.63) is 36.3 Å². The lowest BCUT2D eigenvalue weighted by Crippen LogP contribution is -2.61. The molecule has 0 radical (unpaired) electrons. The smallest absolute Gasteiger partial charge is 0.305 e. The number of hydrogen-bond donors (Lipinski definition) is 2. The van der Waals surface area contributed by atoms with Crippen molar-refractivity contribution in [2.45, 2.75) is 12.0 Å². The lowest BCUT2D eigenvalue weighted by Gasteiger charge is -2.43. The van der Waals surface area contributed by atoms with Crippen LogP contribution in [-0.4, -0.2) is 28.7 Å². The Morgan fingerprint density at radius 2 is 2.22 bits per heavy atom. The highest BCUT2D eigenvalue weighted by Crippen LogP contribution is 2.31. The van der Waals surface area contributed by atoms with Crippen molar-refractivity contribution in [3.8, 4) is 0 Å². The number of halogens is 1. The van der Waals surface area contributed by atoms with Crippen molar-refractivity contribution in [3.63, 3.8) is 0 Å². The van der Waals surface area contributed by atoms with Gasteiger partial charge in [0.1, 0.15) is 5.82 Å². The summed E-state index contributed by atoms with van der Waals surface area (Å²) in [6.45, 7) is 1.25. The maximum Gasteiger partial charge on any atom is 0.305 e. The predicted octanol–water partition coefficient (Wildman–Crippen LogP) is 1.55. The molecule has 18 heavy (non-hydrogen) atoms. The van der Waals surface area contributed by atoms with Crippen LogP contribution in [0, 0.1) is 5.82 Å². The van der Waals surface area contributed by atoms with Crippen molar-refractivity contribution in [2.24, 2.45) is 0 Å². The van der Waals surface area contributed by atoms with Crippen molar-refractivity contribution in [1.82, 2.24) is 9.88 Å². The second kappa shape index (κ2) is 3.81. The van der Waals surface area contributed by atoms with Crippen LogP contribution >= 0.6 is 0 Å². The van der Waals surface area contributed by atoms with Gasteiger partial charge in [-0.15, -0.1) is 0 Å². The van der Waals surface area contributed by atoms with Crippen LogP contribution in [-0.2, 0) is 10.3 Å². The van der Waals surface area contributed by atoms with Crippen LogP contribution in [0.1, 0.15) is 6.42 Å². The Hall–Kier alpha value is -1.88. The van der Waals surface area contributed by atoms with E-state index in [4.69, 9.17) is 5.11 Å². The molecule has 1 aliphatic heterocycles. The lowest BCUT2D eigenvalue weighted by molar-refractivity contribution is -0.140. The molecule has 0 unspecified atom stereocenters. The van der Waals surface area contributed by atoms with Crippen LogP contribution in [0.5, 0.6) is 0 Å². The summed E-state index contributed by atoms with van der Waals surface area (Å²) in [5, 5.41) is 12.9. The molecular weight excluding hydrogens is 235 g/mol. The Balaban J connectivity index is 2.10. The molecule has 2 heterocycles. The number of carboxylic acids is 1. The van der Waals surface area contributed by atoms with Crippen LogP contribution in [0.2, 0.25) is 0 Å². The lowest BCUT2D eigenvalue weighted by atomic mass is 9.88. The molecule has 0 atom stereocenters. The van der Waals surface area contributed by atoms with Crippen LogP contribution in [0.25, 0.3) is 10.9 Å². The molecule has 1 aliphatic rings. The van der Waals surface area contributed by atoms with E-state index in [0.29, 0.717) is 13.1 Å². The van der Waals surface area contributed by atoms with E-state index in [1.54, 1.807) is 6.07 Å². The summed E-state index contributed by atoms with van der Waals surface area (Å²) in [6, 6.07) is 6.39. The number of nitrogens with zero attached hydrogens (tertiary/aromatic N) is 1.